The van der Waals surface area contributed by atoms with Crippen molar-refractivity contribution in [2.75, 3.05) is 6.61 Å². The highest BCUT2D eigenvalue weighted by molar-refractivity contribution is 6.33. The Bertz CT molecular complexity index is 411. The third kappa shape index (κ3) is 3.12. The second-order valence-corrected chi connectivity index (χ2v) is 5.01. The molecular formula is C13H19ClN2O2. The first kappa shape index (κ1) is 13.6. The van der Waals surface area contributed by atoms with Gasteiger partial charge in [0.15, 0.2) is 5.78 Å². The van der Waals surface area contributed by atoms with Crippen molar-refractivity contribution in [1.82, 2.24) is 9.78 Å². The van der Waals surface area contributed by atoms with Gasteiger partial charge in [-0.25, -0.2) is 0 Å². The van der Waals surface area contributed by atoms with Gasteiger partial charge >= 0.3 is 0 Å². The Balaban J connectivity index is 1.92. The number of ketones is 1. The van der Waals surface area contributed by atoms with E-state index in [2.05, 4.69) is 5.10 Å². The molecule has 100 valence electrons. The molecule has 0 amide bonds. The monoisotopic (exact) mass is 270 g/mol. The van der Waals surface area contributed by atoms with E-state index in [0.29, 0.717) is 23.7 Å². The summed E-state index contributed by atoms with van der Waals surface area (Å²) in [7, 11) is 0. The van der Waals surface area contributed by atoms with Gasteiger partial charge in [-0.2, -0.15) is 5.10 Å². The van der Waals surface area contributed by atoms with Crippen LogP contribution in [-0.4, -0.2) is 28.3 Å². The lowest BCUT2D eigenvalue weighted by molar-refractivity contribution is 0.0104. The highest BCUT2D eigenvalue weighted by Gasteiger charge is 2.20. The van der Waals surface area contributed by atoms with E-state index in [9.17, 15) is 4.79 Å². The number of carbonyl (C=O) groups is 1. The van der Waals surface area contributed by atoms with E-state index in [0.717, 1.165) is 25.9 Å². The summed E-state index contributed by atoms with van der Waals surface area (Å²) in [5.74, 6) is 0.0634. The van der Waals surface area contributed by atoms with Crippen molar-refractivity contribution >= 4 is 17.4 Å². The normalized spacial score (nSPS) is 20.0. The molecule has 1 aromatic heterocycles. The van der Waals surface area contributed by atoms with Gasteiger partial charge in [-0.3, -0.25) is 9.48 Å². The molecule has 0 saturated carbocycles. The molecule has 1 aliphatic rings. The van der Waals surface area contributed by atoms with Crippen LogP contribution in [0, 0.1) is 0 Å². The maximum Gasteiger partial charge on any atom is 0.182 e. The van der Waals surface area contributed by atoms with Crippen LogP contribution < -0.4 is 0 Å². The molecule has 1 unspecified atom stereocenters. The van der Waals surface area contributed by atoms with Crippen LogP contribution >= 0.6 is 11.6 Å². The summed E-state index contributed by atoms with van der Waals surface area (Å²) >= 11 is 6.00. The Morgan fingerprint density at radius 2 is 2.44 bits per heavy atom. The summed E-state index contributed by atoms with van der Waals surface area (Å²) in [4.78, 5) is 12.1. The molecule has 4 nitrogen and oxygen atoms in total. The number of carbonyl (C=O) groups excluding carboxylic acids is 1. The summed E-state index contributed by atoms with van der Waals surface area (Å²) in [5.41, 5.74) is 0.537. The Kier molecular flexibility index (Phi) is 4.78. The quantitative estimate of drug-likeness (QED) is 0.773. The molecule has 0 bridgehead atoms. The Hall–Kier alpha value is -0.870. The van der Waals surface area contributed by atoms with Crippen LogP contribution in [0.5, 0.6) is 0 Å². The number of aryl methyl sites for hydroxylation is 1. The van der Waals surface area contributed by atoms with Gasteiger partial charge in [0.25, 0.3) is 0 Å². The molecule has 18 heavy (non-hydrogen) atoms. The van der Waals surface area contributed by atoms with Crippen molar-refractivity contribution in [3.05, 3.63) is 16.9 Å². The molecule has 2 heterocycles. The van der Waals surface area contributed by atoms with E-state index in [1.807, 2.05) is 6.92 Å². The van der Waals surface area contributed by atoms with Crippen LogP contribution in [0.1, 0.15) is 49.5 Å². The van der Waals surface area contributed by atoms with Gasteiger partial charge in [0.05, 0.1) is 17.3 Å². The largest absolute Gasteiger partial charge is 0.378 e. The van der Waals surface area contributed by atoms with Gasteiger partial charge < -0.3 is 4.74 Å². The zero-order valence-electron chi connectivity index (χ0n) is 10.7. The molecule has 1 saturated heterocycles. The zero-order chi connectivity index (χ0) is 13.0. The minimum atomic E-state index is 0.0634. The lowest BCUT2D eigenvalue weighted by atomic mass is 10.0. The first-order chi connectivity index (χ1) is 8.72. The van der Waals surface area contributed by atoms with Crippen molar-refractivity contribution in [3.8, 4) is 0 Å². The van der Waals surface area contributed by atoms with E-state index in [-0.39, 0.29) is 11.9 Å². The Labute approximate surface area is 112 Å². The van der Waals surface area contributed by atoms with Gasteiger partial charge in [0, 0.05) is 19.6 Å². The predicted molar refractivity (Wildman–Crippen MR) is 70.1 cm³/mol. The van der Waals surface area contributed by atoms with E-state index in [4.69, 9.17) is 16.3 Å². The molecule has 0 aromatic carbocycles. The number of halogens is 1. The fourth-order valence-electron chi connectivity index (χ4n) is 2.33. The molecule has 0 N–H and O–H groups in total. The fraction of sp³-hybridized carbons (Fsp3) is 0.692. The molecule has 2 rings (SSSR count). The number of ether oxygens (including phenoxy) is 1. The number of hydrogen-bond donors (Lipinski definition) is 0. The van der Waals surface area contributed by atoms with E-state index >= 15 is 0 Å². The minimum Gasteiger partial charge on any atom is -0.378 e. The lowest BCUT2D eigenvalue weighted by Gasteiger charge is -2.22. The van der Waals surface area contributed by atoms with Crippen LogP contribution in [0.3, 0.4) is 0 Å². The van der Waals surface area contributed by atoms with Crippen molar-refractivity contribution in [3.63, 3.8) is 0 Å². The number of rotatable bonds is 5. The van der Waals surface area contributed by atoms with Crippen LogP contribution in [-0.2, 0) is 11.3 Å². The Morgan fingerprint density at radius 3 is 3.11 bits per heavy atom. The summed E-state index contributed by atoms with van der Waals surface area (Å²) in [5, 5.41) is 4.53. The van der Waals surface area contributed by atoms with Crippen molar-refractivity contribution in [1.29, 1.82) is 0 Å². The smallest absolute Gasteiger partial charge is 0.182 e. The molecule has 1 aliphatic heterocycles. The number of Topliss-reactive ketones (excluding diaryl/α,β-unsaturated/α-hetero) is 1. The molecule has 5 heteroatoms. The second kappa shape index (κ2) is 6.34. The average molecular weight is 271 g/mol. The standard InChI is InChI=1S/C13H19ClN2O2/c1-2-16-13(11(14)9-15-16)12(17)7-6-10-5-3-4-8-18-10/h9-10H,2-8H2,1H3. The maximum atomic E-state index is 12.1. The summed E-state index contributed by atoms with van der Waals surface area (Å²) < 4.78 is 7.28. The molecule has 1 aromatic rings. The van der Waals surface area contributed by atoms with Crippen LogP contribution in [0.25, 0.3) is 0 Å². The van der Waals surface area contributed by atoms with Gasteiger partial charge in [-0.15, -0.1) is 0 Å². The van der Waals surface area contributed by atoms with Crippen LogP contribution in [0.4, 0.5) is 0 Å². The number of nitrogens with zero attached hydrogens (tertiary/aromatic N) is 2. The Morgan fingerprint density at radius 1 is 1.61 bits per heavy atom. The molecule has 0 radical (unpaired) electrons. The van der Waals surface area contributed by atoms with Gasteiger partial charge in [-0.05, 0) is 32.6 Å². The van der Waals surface area contributed by atoms with Gasteiger partial charge in [-0.1, -0.05) is 11.6 Å². The van der Waals surface area contributed by atoms with Gasteiger partial charge in [0.1, 0.15) is 5.69 Å². The van der Waals surface area contributed by atoms with Crippen LogP contribution in [0.15, 0.2) is 6.20 Å². The summed E-state index contributed by atoms with van der Waals surface area (Å²) in [6.07, 6.45) is 6.44. The number of aromatic nitrogens is 2. The van der Waals surface area contributed by atoms with E-state index < -0.39 is 0 Å². The van der Waals surface area contributed by atoms with Crippen molar-refractivity contribution in [2.24, 2.45) is 0 Å². The molecule has 1 atom stereocenters. The molecule has 1 fully saturated rings. The first-order valence-corrected chi connectivity index (χ1v) is 6.96. The van der Waals surface area contributed by atoms with Crippen molar-refractivity contribution < 1.29 is 9.53 Å². The minimum absolute atomic E-state index is 0.0634. The third-order valence-corrected chi connectivity index (χ3v) is 3.60. The first-order valence-electron chi connectivity index (χ1n) is 6.58. The van der Waals surface area contributed by atoms with E-state index in [1.165, 1.54) is 12.6 Å². The highest BCUT2D eigenvalue weighted by Crippen LogP contribution is 2.21. The number of hydrogen-bond acceptors (Lipinski definition) is 3. The average Bonchev–Trinajstić information content (AvgIpc) is 2.78. The SMILES string of the molecule is CCn1ncc(Cl)c1C(=O)CCC1CCCCO1. The van der Waals surface area contributed by atoms with E-state index in [1.54, 1.807) is 4.68 Å². The second-order valence-electron chi connectivity index (χ2n) is 4.61. The topological polar surface area (TPSA) is 44.1 Å². The molecule has 0 aliphatic carbocycles. The summed E-state index contributed by atoms with van der Waals surface area (Å²) in [6, 6.07) is 0. The molecule has 0 spiro atoms. The predicted octanol–water partition coefficient (Wildman–Crippen LogP) is 3.09. The maximum absolute atomic E-state index is 12.1. The highest BCUT2D eigenvalue weighted by atomic mass is 35.5. The van der Waals surface area contributed by atoms with Gasteiger partial charge in [0.2, 0.25) is 0 Å². The van der Waals surface area contributed by atoms with Crippen LogP contribution in [0.2, 0.25) is 5.02 Å². The summed E-state index contributed by atoms with van der Waals surface area (Å²) in [6.45, 7) is 3.44. The lowest BCUT2D eigenvalue weighted by Crippen LogP contribution is -2.20. The zero-order valence-corrected chi connectivity index (χ0v) is 11.4. The molecular weight excluding hydrogens is 252 g/mol. The fourth-order valence-corrected chi connectivity index (χ4v) is 2.57. The van der Waals surface area contributed by atoms with Crippen molar-refractivity contribution in [2.45, 2.75) is 51.7 Å². The third-order valence-electron chi connectivity index (χ3n) is 3.33.